The molecule has 1 rings (SSSR count). The molecule has 1 unspecified atom stereocenters. The lowest BCUT2D eigenvalue weighted by atomic mass is 10.3. The molecule has 1 aromatic carbocycles. The van der Waals surface area contributed by atoms with Gasteiger partial charge in [-0.25, -0.2) is 0 Å². The molecule has 4 nitrogen and oxygen atoms in total. The average molecular weight is 328 g/mol. The predicted octanol–water partition coefficient (Wildman–Crippen LogP) is 2.79. The van der Waals surface area contributed by atoms with E-state index in [9.17, 15) is 0 Å². The van der Waals surface area contributed by atoms with Gasteiger partial charge in [-0.05, 0) is 41.4 Å². The lowest BCUT2D eigenvalue weighted by Gasteiger charge is -2.18. The number of ether oxygens (including phenoxy) is 1. The number of para-hydroxylation sites is 1. The second-order valence-electron chi connectivity index (χ2n) is 4.24. The highest BCUT2D eigenvalue weighted by atomic mass is 79.9. The molecular weight excluding hydrogens is 306 g/mol. The number of aliphatic imine (C=N–C) groups is 1. The normalized spacial score (nSPS) is 12.9. The van der Waals surface area contributed by atoms with Crippen LogP contribution in [0.25, 0.3) is 0 Å². The summed E-state index contributed by atoms with van der Waals surface area (Å²) in [6.07, 6.45) is 1.13. The van der Waals surface area contributed by atoms with Crippen molar-refractivity contribution < 1.29 is 4.74 Å². The third-order valence-corrected chi connectivity index (χ3v) is 3.14. The number of hydrogen-bond acceptors (Lipinski definition) is 2. The van der Waals surface area contributed by atoms with Gasteiger partial charge in [0.05, 0.1) is 11.0 Å². The van der Waals surface area contributed by atoms with E-state index in [0.29, 0.717) is 6.54 Å². The van der Waals surface area contributed by atoms with E-state index in [2.05, 4.69) is 38.5 Å². The molecule has 0 aliphatic carbocycles. The van der Waals surface area contributed by atoms with Crippen molar-refractivity contribution in [2.45, 2.75) is 26.4 Å². The van der Waals surface area contributed by atoms with E-state index in [1.54, 1.807) is 7.05 Å². The quantitative estimate of drug-likeness (QED) is 0.623. The largest absolute Gasteiger partial charge is 0.488 e. The van der Waals surface area contributed by atoms with Crippen molar-refractivity contribution in [3.8, 4) is 5.75 Å². The summed E-state index contributed by atoms with van der Waals surface area (Å²) in [6.45, 7) is 5.77. The maximum atomic E-state index is 5.85. The first kappa shape index (κ1) is 15.8. The molecule has 0 aliphatic heterocycles. The van der Waals surface area contributed by atoms with Gasteiger partial charge in [-0.1, -0.05) is 19.1 Å². The molecule has 5 heteroatoms. The maximum Gasteiger partial charge on any atom is 0.191 e. The van der Waals surface area contributed by atoms with E-state index in [4.69, 9.17) is 4.74 Å². The van der Waals surface area contributed by atoms with Crippen LogP contribution >= 0.6 is 15.9 Å². The molecule has 0 saturated heterocycles. The molecule has 1 atom stereocenters. The van der Waals surface area contributed by atoms with Gasteiger partial charge in [-0.2, -0.15) is 0 Å². The van der Waals surface area contributed by atoms with Crippen molar-refractivity contribution in [1.29, 1.82) is 0 Å². The van der Waals surface area contributed by atoms with Gasteiger partial charge in [-0.15, -0.1) is 0 Å². The van der Waals surface area contributed by atoms with E-state index < -0.39 is 0 Å². The van der Waals surface area contributed by atoms with Crippen LogP contribution in [0, 0.1) is 0 Å². The van der Waals surface area contributed by atoms with E-state index in [0.717, 1.165) is 29.1 Å². The highest BCUT2D eigenvalue weighted by molar-refractivity contribution is 9.10. The summed E-state index contributed by atoms with van der Waals surface area (Å²) in [5.41, 5.74) is 0. The molecule has 0 radical (unpaired) electrons. The van der Waals surface area contributed by atoms with E-state index in [1.807, 2.05) is 31.2 Å². The summed E-state index contributed by atoms with van der Waals surface area (Å²) >= 11 is 3.47. The Morgan fingerprint density at radius 1 is 1.37 bits per heavy atom. The van der Waals surface area contributed by atoms with Gasteiger partial charge < -0.3 is 15.4 Å². The molecular formula is C14H22BrN3O. The molecule has 106 valence electrons. The number of guanidine groups is 1. The first-order valence-electron chi connectivity index (χ1n) is 6.53. The summed E-state index contributed by atoms with van der Waals surface area (Å²) in [4.78, 5) is 4.15. The first-order valence-corrected chi connectivity index (χ1v) is 7.32. The van der Waals surface area contributed by atoms with Gasteiger partial charge >= 0.3 is 0 Å². The summed E-state index contributed by atoms with van der Waals surface area (Å²) in [5.74, 6) is 1.66. The fourth-order valence-corrected chi connectivity index (χ4v) is 1.88. The molecule has 0 spiro atoms. The number of rotatable bonds is 6. The fraction of sp³-hybridized carbons (Fsp3) is 0.500. The minimum Gasteiger partial charge on any atom is -0.488 e. The van der Waals surface area contributed by atoms with Crippen molar-refractivity contribution >= 4 is 21.9 Å². The summed E-state index contributed by atoms with van der Waals surface area (Å²) < 4.78 is 6.82. The van der Waals surface area contributed by atoms with Crippen LogP contribution in [0.4, 0.5) is 0 Å². The topological polar surface area (TPSA) is 45.7 Å². The van der Waals surface area contributed by atoms with Crippen molar-refractivity contribution in [3.05, 3.63) is 28.7 Å². The van der Waals surface area contributed by atoms with E-state index in [-0.39, 0.29) is 6.10 Å². The third kappa shape index (κ3) is 5.96. The summed E-state index contributed by atoms with van der Waals surface area (Å²) in [6, 6.07) is 7.85. The molecule has 19 heavy (non-hydrogen) atoms. The zero-order valence-electron chi connectivity index (χ0n) is 11.7. The Balaban J connectivity index is 2.39. The Bertz CT molecular complexity index is 409. The Morgan fingerprint density at radius 3 is 2.74 bits per heavy atom. The Hall–Kier alpha value is -1.23. The fourth-order valence-electron chi connectivity index (χ4n) is 1.50. The number of nitrogens with zero attached hydrogens (tertiary/aromatic N) is 1. The minimum absolute atomic E-state index is 0.0545. The van der Waals surface area contributed by atoms with E-state index >= 15 is 0 Å². The molecule has 0 aromatic heterocycles. The second kappa shape index (κ2) is 8.80. The average Bonchev–Trinajstić information content (AvgIpc) is 2.41. The SMILES string of the molecule is CCCNC(=NC)NCC(C)Oc1ccccc1Br. The smallest absolute Gasteiger partial charge is 0.191 e. The van der Waals surface area contributed by atoms with Crippen molar-refractivity contribution in [1.82, 2.24) is 10.6 Å². The number of benzene rings is 1. The molecule has 0 bridgehead atoms. The van der Waals surface area contributed by atoms with Gasteiger partial charge in [0, 0.05) is 13.6 Å². The predicted molar refractivity (Wildman–Crippen MR) is 83.9 cm³/mol. The standard InChI is InChI=1S/C14H22BrN3O/c1-4-9-17-14(16-3)18-10-11(2)19-13-8-6-5-7-12(13)15/h5-8,11H,4,9-10H2,1-3H3,(H2,16,17,18). The van der Waals surface area contributed by atoms with Crippen LogP contribution in [-0.4, -0.2) is 32.2 Å². The lowest BCUT2D eigenvalue weighted by molar-refractivity contribution is 0.222. The summed E-state index contributed by atoms with van der Waals surface area (Å²) in [5, 5.41) is 6.47. The zero-order chi connectivity index (χ0) is 14.1. The van der Waals surface area contributed by atoms with Gasteiger partial charge in [0.1, 0.15) is 11.9 Å². The van der Waals surface area contributed by atoms with Crippen LogP contribution in [0.3, 0.4) is 0 Å². The van der Waals surface area contributed by atoms with Crippen LogP contribution in [0.2, 0.25) is 0 Å². The second-order valence-corrected chi connectivity index (χ2v) is 5.09. The van der Waals surface area contributed by atoms with Crippen LogP contribution in [-0.2, 0) is 0 Å². The Labute approximate surface area is 123 Å². The maximum absolute atomic E-state index is 5.85. The first-order chi connectivity index (χ1) is 9.17. The molecule has 1 aromatic rings. The van der Waals surface area contributed by atoms with Gasteiger partial charge in [-0.3, -0.25) is 4.99 Å². The Kier molecular flexibility index (Phi) is 7.33. The molecule has 0 aliphatic rings. The number of halogens is 1. The van der Waals surface area contributed by atoms with Crippen molar-refractivity contribution in [2.24, 2.45) is 4.99 Å². The van der Waals surface area contributed by atoms with Gasteiger partial charge in [0.15, 0.2) is 5.96 Å². The van der Waals surface area contributed by atoms with Crippen molar-refractivity contribution in [2.75, 3.05) is 20.1 Å². The van der Waals surface area contributed by atoms with Gasteiger partial charge in [0.2, 0.25) is 0 Å². The Morgan fingerprint density at radius 2 is 2.11 bits per heavy atom. The zero-order valence-corrected chi connectivity index (χ0v) is 13.3. The molecule has 0 amide bonds. The van der Waals surface area contributed by atoms with Gasteiger partial charge in [0.25, 0.3) is 0 Å². The molecule has 2 N–H and O–H groups in total. The monoisotopic (exact) mass is 327 g/mol. The highest BCUT2D eigenvalue weighted by Gasteiger charge is 2.07. The van der Waals surface area contributed by atoms with Crippen LogP contribution in [0.1, 0.15) is 20.3 Å². The van der Waals surface area contributed by atoms with Crippen LogP contribution in [0.5, 0.6) is 5.75 Å². The molecule has 0 heterocycles. The number of nitrogens with one attached hydrogen (secondary N) is 2. The third-order valence-electron chi connectivity index (χ3n) is 2.49. The van der Waals surface area contributed by atoms with Crippen molar-refractivity contribution in [3.63, 3.8) is 0 Å². The molecule has 0 fully saturated rings. The summed E-state index contributed by atoms with van der Waals surface area (Å²) in [7, 11) is 1.77. The number of hydrogen-bond donors (Lipinski definition) is 2. The highest BCUT2D eigenvalue weighted by Crippen LogP contribution is 2.24. The van der Waals surface area contributed by atoms with E-state index in [1.165, 1.54) is 0 Å². The van der Waals surface area contributed by atoms with Crippen LogP contribution < -0.4 is 15.4 Å². The lowest BCUT2D eigenvalue weighted by Crippen LogP contribution is -2.42. The molecule has 0 saturated carbocycles. The minimum atomic E-state index is 0.0545. The van der Waals surface area contributed by atoms with Crippen LogP contribution in [0.15, 0.2) is 33.7 Å².